The van der Waals surface area contributed by atoms with Crippen LogP contribution in [-0.4, -0.2) is 93.7 Å². The molecule has 31 heavy (non-hydrogen) atoms. The predicted octanol–water partition coefficient (Wildman–Crippen LogP) is 1.09. The molecular formula is C22H34N4O4S. The van der Waals surface area contributed by atoms with Crippen LogP contribution in [0.2, 0.25) is 0 Å². The topological polar surface area (TPSA) is 97.1 Å². The molecule has 3 rings (SSSR count). The molecule has 1 N–H and O–H groups in total. The smallest absolute Gasteiger partial charge is 0.242 e. The Labute approximate surface area is 186 Å². The second-order valence-electron chi connectivity index (χ2n) is 9.16. The Morgan fingerprint density at radius 2 is 1.68 bits per heavy atom. The van der Waals surface area contributed by atoms with E-state index in [0.29, 0.717) is 24.1 Å². The summed E-state index contributed by atoms with van der Waals surface area (Å²) in [7, 11) is -0.471. The number of aliphatic hydroxyl groups is 1. The van der Waals surface area contributed by atoms with Gasteiger partial charge in [-0.1, -0.05) is 0 Å². The average molecular weight is 451 g/mol. The van der Waals surface area contributed by atoms with E-state index in [1.807, 2.05) is 6.92 Å². The van der Waals surface area contributed by atoms with Crippen molar-refractivity contribution in [2.24, 2.45) is 17.8 Å². The molecular weight excluding hydrogens is 416 g/mol. The first-order valence-corrected chi connectivity index (χ1v) is 12.3. The van der Waals surface area contributed by atoms with Crippen LogP contribution < -0.4 is 4.74 Å². The minimum absolute atomic E-state index is 0.0611. The molecule has 172 valence electrons. The van der Waals surface area contributed by atoms with Crippen molar-refractivity contribution >= 4 is 10.0 Å². The average Bonchev–Trinajstić information content (AvgIpc) is 2.71. The highest BCUT2D eigenvalue weighted by atomic mass is 32.2. The maximum Gasteiger partial charge on any atom is 0.242 e. The molecule has 2 bridgehead atoms. The predicted molar refractivity (Wildman–Crippen MR) is 118 cm³/mol. The SMILES string of the molecule is CC(C#N)CN1CC2CC(C1)CN(CC(O)COc1ccc(S(=O)(=O)N(C)C)cc1)C2. The lowest BCUT2D eigenvalue weighted by molar-refractivity contribution is -0.00152. The highest BCUT2D eigenvalue weighted by Crippen LogP contribution is 2.29. The molecule has 9 heteroatoms. The zero-order valence-corrected chi connectivity index (χ0v) is 19.5. The zero-order chi connectivity index (χ0) is 22.6. The van der Waals surface area contributed by atoms with E-state index in [9.17, 15) is 13.5 Å². The molecule has 4 unspecified atom stereocenters. The number of fused-ring (bicyclic) bond motifs is 2. The lowest BCUT2D eigenvalue weighted by atomic mass is 9.84. The van der Waals surface area contributed by atoms with Crippen molar-refractivity contribution in [3.8, 4) is 11.8 Å². The maximum atomic E-state index is 12.1. The fourth-order valence-corrected chi connectivity index (χ4v) is 5.58. The van der Waals surface area contributed by atoms with Crippen molar-refractivity contribution in [1.29, 1.82) is 5.26 Å². The molecule has 0 saturated carbocycles. The fourth-order valence-electron chi connectivity index (χ4n) is 4.68. The lowest BCUT2D eigenvalue weighted by Gasteiger charge is -2.46. The van der Waals surface area contributed by atoms with Gasteiger partial charge in [-0.15, -0.1) is 0 Å². The Kier molecular flexibility index (Phi) is 7.94. The number of sulfonamides is 1. The molecule has 2 fully saturated rings. The monoisotopic (exact) mass is 450 g/mol. The highest BCUT2D eigenvalue weighted by molar-refractivity contribution is 7.89. The van der Waals surface area contributed by atoms with Gasteiger partial charge in [-0.3, -0.25) is 4.90 Å². The van der Waals surface area contributed by atoms with Crippen molar-refractivity contribution in [1.82, 2.24) is 14.1 Å². The molecule has 4 atom stereocenters. The van der Waals surface area contributed by atoms with E-state index in [1.165, 1.54) is 37.0 Å². The second kappa shape index (κ2) is 10.3. The first-order valence-electron chi connectivity index (χ1n) is 10.8. The van der Waals surface area contributed by atoms with Gasteiger partial charge in [0.2, 0.25) is 10.0 Å². The molecule has 8 nitrogen and oxygen atoms in total. The fraction of sp³-hybridized carbons (Fsp3) is 0.682. The summed E-state index contributed by atoms with van der Waals surface area (Å²) in [6.45, 7) is 7.51. The number of β-amino-alcohol motifs (C(OH)–C–C–N with tert-alkyl or cyclic N) is 1. The lowest BCUT2D eigenvalue weighted by Crippen LogP contribution is -2.54. The minimum Gasteiger partial charge on any atom is -0.491 e. The first kappa shape index (κ1) is 24.0. The summed E-state index contributed by atoms with van der Waals surface area (Å²) < 4.78 is 31.1. The largest absolute Gasteiger partial charge is 0.491 e. The van der Waals surface area contributed by atoms with Gasteiger partial charge in [0, 0.05) is 53.4 Å². The van der Waals surface area contributed by atoms with Gasteiger partial charge in [-0.05, 0) is 49.4 Å². The number of rotatable bonds is 9. The molecule has 1 aromatic rings. The molecule has 0 radical (unpaired) electrons. The molecule has 0 amide bonds. The summed E-state index contributed by atoms with van der Waals surface area (Å²) in [5.41, 5.74) is 0. The summed E-state index contributed by atoms with van der Waals surface area (Å²) in [6, 6.07) is 8.59. The maximum absolute atomic E-state index is 12.1. The normalized spacial score (nSPS) is 24.5. The number of piperidine rings is 2. The van der Waals surface area contributed by atoms with Crippen LogP contribution >= 0.6 is 0 Å². The Balaban J connectivity index is 1.45. The summed E-state index contributed by atoms with van der Waals surface area (Å²) in [5, 5.41) is 19.5. The van der Waals surface area contributed by atoms with Gasteiger partial charge in [0.1, 0.15) is 18.5 Å². The second-order valence-corrected chi connectivity index (χ2v) is 11.3. The number of nitrogens with zero attached hydrogens (tertiary/aromatic N) is 4. The van der Waals surface area contributed by atoms with E-state index in [1.54, 1.807) is 12.1 Å². The summed E-state index contributed by atoms with van der Waals surface area (Å²) in [6.07, 6.45) is 0.613. The molecule has 0 spiro atoms. The van der Waals surface area contributed by atoms with Crippen molar-refractivity contribution < 1.29 is 18.3 Å². The third-order valence-corrected chi connectivity index (χ3v) is 7.83. The van der Waals surface area contributed by atoms with Crippen LogP contribution in [0.25, 0.3) is 0 Å². The van der Waals surface area contributed by atoms with Crippen LogP contribution in [0.1, 0.15) is 13.3 Å². The third-order valence-electron chi connectivity index (χ3n) is 6.00. The number of ether oxygens (including phenoxy) is 1. The quantitative estimate of drug-likeness (QED) is 0.601. The highest BCUT2D eigenvalue weighted by Gasteiger charge is 2.34. The van der Waals surface area contributed by atoms with Crippen molar-refractivity contribution in [3.05, 3.63) is 24.3 Å². The first-order chi connectivity index (χ1) is 14.7. The van der Waals surface area contributed by atoms with Gasteiger partial charge in [0.05, 0.1) is 16.9 Å². The third kappa shape index (κ3) is 6.40. The summed E-state index contributed by atoms with van der Waals surface area (Å²) >= 11 is 0. The molecule has 2 saturated heterocycles. The molecule has 1 aromatic carbocycles. The van der Waals surface area contributed by atoms with Crippen LogP contribution in [0.4, 0.5) is 0 Å². The molecule has 2 heterocycles. The number of likely N-dealkylation sites (tertiary alicyclic amines) is 2. The van der Waals surface area contributed by atoms with Crippen molar-refractivity contribution in [2.75, 3.05) is 60.0 Å². The van der Waals surface area contributed by atoms with Crippen LogP contribution in [0.3, 0.4) is 0 Å². The molecule has 0 aromatic heterocycles. The Bertz CT molecular complexity index is 854. The van der Waals surface area contributed by atoms with Crippen LogP contribution in [-0.2, 0) is 10.0 Å². The van der Waals surface area contributed by atoms with Crippen molar-refractivity contribution in [2.45, 2.75) is 24.3 Å². The number of hydrogen-bond acceptors (Lipinski definition) is 7. The van der Waals surface area contributed by atoms with E-state index in [-0.39, 0.29) is 17.4 Å². The van der Waals surface area contributed by atoms with E-state index in [4.69, 9.17) is 10.00 Å². The summed E-state index contributed by atoms with van der Waals surface area (Å²) in [4.78, 5) is 4.96. The Morgan fingerprint density at radius 1 is 1.13 bits per heavy atom. The van der Waals surface area contributed by atoms with Gasteiger partial charge in [0.15, 0.2) is 0 Å². The number of benzene rings is 1. The molecule has 2 aliphatic rings. The van der Waals surface area contributed by atoms with Gasteiger partial charge in [-0.25, -0.2) is 12.7 Å². The zero-order valence-electron chi connectivity index (χ0n) is 18.6. The van der Waals surface area contributed by atoms with Gasteiger partial charge >= 0.3 is 0 Å². The van der Waals surface area contributed by atoms with Gasteiger partial charge in [0.25, 0.3) is 0 Å². The van der Waals surface area contributed by atoms with E-state index >= 15 is 0 Å². The van der Waals surface area contributed by atoms with E-state index < -0.39 is 16.1 Å². The number of nitriles is 1. The minimum atomic E-state index is -3.46. The van der Waals surface area contributed by atoms with Crippen LogP contribution in [0, 0.1) is 29.1 Å². The van der Waals surface area contributed by atoms with Gasteiger partial charge in [-0.2, -0.15) is 5.26 Å². The van der Waals surface area contributed by atoms with E-state index in [0.717, 1.165) is 32.7 Å². The Morgan fingerprint density at radius 3 is 2.19 bits per heavy atom. The summed E-state index contributed by atoms with van der Waals surface area (Å²) in [5.74, 6) is 1.76. The van der Waals surface area contributed by atoms with Gasteiger partial charge < -0.3 is 14.7 Å². The number of hydrogen-bond donors (Lipinski definition) is 1. The molecule has 0 aliphatic carbocycles. The van der Waals surface area contributed by atoms with Crippen LogP contribution in [0.15, 0.2) is 29.2 Å². The van der Waals surface area contributed by atoms with Crippen molar-refractivity contribution in [3.63, 3.8) is 0 Å². The van der Waals surface area contributed by atoms with E-state index in [2.05, 4.69) is 15.9 Å². The molecule has 2 aliphatic heterocycles. The standard InChI is InChI=1S/C22H34N4O4S/c1-17(9-23)10-25-11-18-8-19(12-25)14-26(13-18)15-20(27)16-30-21-4-6-22(7-5-21)31(28,29)24(2)3/h4-7,17-20,27H,8,10-16H2,1-3H3. The van der Waals surface area contributed by atoms with Crippen LogP contribution in [0.5, 0.6) is 5.75 Å². The Hall–Kier alpha value is -1.70. The number of aliphatic hydroxyl groups excluding tert-OH is 1.